The highest BCUT2D eigenvalue weighted by atomic mass is 19.4. The van der Waals surface area contributed by atoms with E-state index in [1.165, 1.54) is 6.92 Å². The Morgan fingerprint density at radius 2 is 2.25 bits per heavy atom. The van der Waals surface area contributed by atoms with Crippen molar-refractivity contribution in [2.24, 2.45) is 0 Å². The third-order valence-electron chi connectivity index (χ3n) is 0.406. The first-order valence-corrected chi connectivity index (χ1v) is 1.97. The van der Waals surface area contributed by atoms with Crippen LogP contribution in [0.15, 0.2) is 0 Å². The quantitative estimate of drug-likeness (QED) is 0.493. The number of amides is 1. The maximum absolute atomic E-state index is 11.0. The fraction of sp³-hybridized carbons (Fsp3) is 0.667. The van der Waals surface area contributed by atoms with E-state index in [2.05, 4.69) is 4.74 Å². The zero-order valence-corrected chi connectivity index (χ0v) is 4.23. The van der Waals surface area contributed by atoms with Gasteiger partial charge in [-0.25, -0.2) is 4.79 Å². The molecule has 0 atom stereocenters. The fourth-order valence-electron chi connectivity index (χ4n) is 0.172. The normalized spacial score (nSPS) is 8.38. The number of carbonyl (C=O) groups is 1. The molecular formula is C3H5F2NO2. The van der Waals surface area contributed by atoms with Gasteiger partial charge < -0.3 is 4.74 Å². The SMILES string of the molecule is CCOC(=O)N(F)F. The highest BCUT2D eigenvalue weighted by Gasteiger charge is 2.10. The molecule has 0 aromatic heterocycles. The first-order chi connectivity index (χ1) is 3.68. The van der Waals surface area contributed by atoms with E-state index in [4.69, 9.17) is 0 Å². The molecule has 0 spiro atoms. The summed E-state index contributed by atoms with van der Waals surface area (Å²) in [4.78, 5) is 9.70. The lowest BCUT2D eigenvalue weighted by molar-refractivity contribution is -0.124. The number of rotatable bonds is 1. The van der Waals surface area contributed by atoms with Gasteiger partial charge in [0, 0.05) is 5.34 Å². The summed E-state index contributed by atoms with van der Waals surface area (Å²) in [5.41, 5.74) is 0. The minimum atomic E-state index is -1.62. The molecule has 0 fully saturated rings. The Morgan fingerprint density at radius 1 is 1.75 bits per heavy atom. The van der Waals surface area contributed by atoms with E-state index in [0.29, 0.717) is 0 Å². The molecule has 0 saturated carbocycles. The monoisotopic (exact) mass is 125 g/mol. The van der Waals surface area contributed by atoms with Gasteiger partial charge in [0.25, 0.3) is 0 Å². The summed E-state index contributed by atoms with van der Waals surface area (Å²) in [7, 11) is 0. The summed E-state index contributed by atoms with van der Waals surface area (Å²) in [5.74, 6) is 0. The van der Waals surface area contributed by atoms with Crippen LogP contribution in [-0.4, -0.2) is 18.0 Å². The molecule has 0 heterocycles. The van der Waals surface area contributed by atoms with Crippen LogP contribution in [0.1, 0.15) is 6.92 Å². The van der Waals surface area contributed by atoms with Gasteiger partial charge in [0.2, 0.25) is 0 Å². The topological polar surface area (TPSA) is 29.5 Å². The lowest BCUT2D eigenvalue weighted by Crippen LogP contribution is -2.14. The average molecular weight is 125 g/mol. The third-order valence-corrected chi connectivity index (χ3v) is 0.406. The van der Waals surface area contributed by atoms with Gasteiger partial charge in [0.05, 0.1) is 6.61 Å². The first kappa shape index (κ1) is 7.13. The summed E-state index contributed by atoms with van der Waals surface area (Å²) >= 11 is 0. The summed E-state index contributed by atoms with van der Waals surface area (Å²) in [6.07, 6.45) is -1.62. The van der Waals surface area contributed by atoms with Crippen molar-refractivity contribution in [2.45, 2.75) is 6.92 Å². The van der Waals surface area contributed by atoms with Crippen LogP contribution in [0, 0.1) is 0 Å². The second kappa shape index (κ2) is 3.17. The maximum Gasteiger partial charge on any atom is 0.468 e. The molecular weight excluding hydrogens is 120 g/mol. The van der Waals surface area contributed by atoms with Gasteiger partial charge in [-0.2, -0.15) is 0 Å². The van der Waals surface area contributed by atoms with Crippen LogP contribution in [-0.2, 0) is 4.74 Å². The second-order valence-electron chi connectivity index (χ2n) is 0.932. The minimum absolute atomic E-state index is 0.0385. The van der Waals surface area contributed by atoms with E-state index in [1.54, 1.807) is 0 Å². The Morgan fingerprint density at radius 3 is 2.38 bits per heavy atom. The molecule has 0 aromatic rings. The van der Waals surface area contributed by atoms with Crippen LogP contribution in [0.2, 0.25) is 0 Å². The smallest absolute Gasteiger partial charge is 0.446 e. The molecule has 0 aliphatic carbocycles. The van der Waals surface area contributed by atoms with Gasteiger partial charge >= 0.3 is 6.09 Å². The molecule has 0 radical (unpaired) electrons. The molecule has 1 amide bonds. The zero-order valence-electron chi connectivity index (χ0n) is 4.23. The van der Waals surface area contributed by atoms with Crippen molar-refractivity contribution < 1.29 is 18.5 Å². The van der Waals surface area contributed by atoms with E-state index in [9.17, 15) is 13.8 Å². The molecule has 0 rings (SSSR count). The molecule has 0 unspecified atom stereocenters. The molecule has 3 nitrogen and oxygen atoms in total. The predicted octanol–water partition coefficient (Wildman–Crippen LogP) is 1.21. The van der Waals surface area contributed by atoms with E-state index >= 15 is 0 Å². The average Bonchev–Trinajstić information content (AvgIpc) is 1.67. The number of hydrogen-bond acceptors (Lipinski definition) is 2. The number of carbonyl (C=O) groups excluding carboxylic acids is 1. The van der Waals surface area contributed by atoms with Crippen LogP contribution < -0.4 is 0 Å². The van der Waals surface area contributed by atoms with Gasteiger partial charge in [-0.1, -0.05) is 8.96 Å². The van der Waals surface area contributed by atoms with Crippen molar-refractivity contribution >= 4 is 6.09 Å². The van der Waals surface area contributed by atoms with Crippen LogP contribution in [0.4, 0.5) is 13.8 Å². The Kier molecular flexibility index (Phi) is 2.83. The van der Waals surface area contributed by atoms with Gasteiger partial charge in [0.15, 0.2) is 0 Å². The van der Waals surface area contributed by atoms with Crippen molar-refractivity contribution in [1.82, 2.24) is 5.34 Å². The van der Waals surface area contributed by atoms with Gasteiger partial charge in [-0.3, -0.25) is 0 Å². The largest absolute Gasteiger partial charge is 0.468 e. The van der Waals surface area contributed by atoms with Crippen molar-refractivity contribution in [3.05, 3.63) is 0 Å². The third kappa shape index (κ3) is 2.33. The van der Waals surface area contributed by atoms with Crippen LogP contribution in [0.5, 0.6) is 0 Å². The predicted molar refractivity (Wildman–Crippen MR) is 21.1 cm³/mol. The Hall–Kier alpha value is -0.870. The fourth-order valence-corrected chi connectivity index (χ4v) is 0.172. The summed E-state index contributed by atoms with van der Waals surface area (Å²) in [6, 6.07) is 0. The number of nitrogens with zero attached hydrogens (tertiary/aromatic N) is 1. The summed E-state index contributed by atoms with van der Waals surface area (Å²) < 4.78 is 25.8. The van der Waals surface area contributed by atoms with Crippen molar-refractivity contribution in [3.8, 4) is 0 Å². The summed E-state index contributed by atoms with van der Waals surface area (Å²) in [5, 5.41) is -1.61. The van der Waals surface area contributed by atoms with Crippen molar-refractivity contribution in [3.63, 3.8) is 0 Å². The zero-order chi connectivity index (χ0) is 6.57. The Balaban J connectivity index is 3.33. The molecule has 0 saturated heterocycles. The van der Waals surface area contributed by atoms with E-state index in [0.717, 1.165) is 0 Å². The molecule has 5 heteroatoms. The van der Waals surface area contributed by atoms with Crippen LogP contribution >= 0.6 is 0 Å². The van der Waals surface area contributed by atoms with Crippen LogP contribution in [0.3, 0.4) is 0 Å². The minimum Gasteiger partial charge on any atom is -0.446 e. The van der Waals surface area contributed by atoms with E-state index < -0.39 is 11.4 Å². The number of halogens is 2. The lowest BCUT2D eigenvalue weighted by Gasteiger charge is -1.98. The molecule has 0 N–H and O–H groups in total. The van der Waals surface area contributed by atoms with E-state index in [-0.39, 0.29) is 6.61 Å². The highest BCUT2D eigenvalue weighted by molar-refractivity contribution is 5.64. The van der Waals surface area contributed by atoms with Crippen molar-refractivity contribution in [2.75, 3.05) is 6.61 Å². The Labute approximate surface area is 44.7 Å². The van der Waals surface area contributed by atoms with Gasteiger partial charge in [-0.15, -0.1) is 0 Å². The van der Waals surface area contributed by atoms with Gasteiger partial charge in [0.1, 0.15) is 0 Å². The van der Waals surface area contributed by atoms with E-state index in [1.807, 2.05) is 0 Å². The van der Waals surface area contributed by atoms with Gasteiger partial charge in [-0.05, 0) is 6.92 Å². The summed E-state index contributed by atoms with van der Waals surface area (Å²) in [6.45, 7) is 1.41. The Bertz CT molecular complexity index is 85.4. The lowest BCUT2D eigenvalue weighted by atomic mass is 10.9. The highest BCUT2D eigenvalue weighted by Crippen LogP contribution is 1.92. The van der Waals surface area contributed by atoms with Crippen molar-refractivity contribution in [1.29, 1.82) is 0 Å². The second-order valence-corrected chi connectivity index (χ2v) is 0.932. The number of ether oxygens (including phenoxy) is 1. The molecule has 0 aliphatic heterocycles. The number of hydrogen-bond donors (Lipinski definition) is 0. The molecule has 0 aromatic carbocycles. The first-order valence-electron chi connectivity index (χ1n) is 1.97. The molecule has 0 bridgehead atoms. The standard InChI is InChI=1S/C3H5F2NO2/c1-2-8-3(7)6(4)5/h2H2,1H3. The molecule has 0 aliphatic rings. The molecule has 8 heavy (non-hydrogen) atoms. The maximum atomic E-state index is 11.0. The molecule has 48 valence electrons. The van der Waals surface area contributed by atoms with Crippen LogP contribution in [0.25, 0.3) is 0 Å².